The van der Waals surface area contributed by atoms with Gasteiger partial charge >= 0.3 is 0 Å². The monoisotopic (exact) mass is 186 g/mol. The second-order valence-corrected chi connectivity index (χ2v) is 3.50. The summed E-state index contributed by atoms with van der Waals surface area (Å²) in [6.45, 7) is 2.19. The standard InChI is InChI=1S/C12H14N2/c1-2-3-9-4-5-11-10(8-9)6-7-14-12(11)13/h4-8H,2-3H2,1H3,(H2,13,14). The van der Waals surface area contributed by atoms with Crippen LogP contribution in [0.3, 0.4) is 0 Å². The molecule has 72 valence electrons. The number of nitrogens with two attached hydrogens (primary N) is 1. The Balaban J connectivity index is 2.56. The molecule has 0 aliphatic carbocycles. The Morgan fingerprint density at radius 3 is 2.93 bits per heavy atom. The van der Waals surface area contributed by atoms with Gasteiger partial charge in [0.1, 0.15) is 5.82 Å². The van der Waals surface area contributed by atoms with Gasteiger partial charge in [-0.25, -0.2) is 4.98 Å². The van der Waals surface area contributed by atoms with Gasteiger partial charge in [0.15, 0.2) is 0 Å². The van der Waals surface area contributed by atoms with Crippen molar-refractivity contribution < 1.29 is 0 Å². The highest BCUT2D eigenvalue weighted by Crippen LogP contribution is 2.20. The summed E-state index contributed by atoms with van der Waals surface area (Å²) in [5.74, 6) is 0.616. The number of fused-ring (bicyclic) bond motifs is 1. The summed E-state index contributed by atoms with van der Waals surface area (Å²) < 4.78 is 0. The van der Waals surface area contributed by atoms with E-state index in [0.29, 0.717) is 5.82 Å². The van der Waals surface area contributed by atoms with Crippen molar-refractivity contribution in [2.24, 2.45) is 0 Å². The van der Waals surface area contributed by atoms with E-state index < -0.39 is 0 Å². The first kappa shape index (κ1) is 9.00. The quantitative estimate of drug-likeness (QED) is 0.783. The fourth-order valence-corrected chi connectivity index (χ4v) is 1.69. The lowest BCUT2D eigenvalue weighted by atomic mass is 10.1. The summed E-state index contributed by atoms with van der Waals surface area (Å²) in [6.07, 6.45) is 4.05. The summed E-state index contributed by atoms with van der Waals surface area (Å²) >= 11 is 0. The maximum atomic E-state index is 5.77. The normalized spacial score (nSPS) is 10.6. The fourth-order valence-electron chi connectivity index (χ4n) is 1.69. The largest absolute Gasteiger partial charge is 0.383 e. The molecular weight excluding hydrogens is 172 g/mol. The molecule has 14 heavy (non-hydrogen) atoms. The van der Waals surface area contributed by atoms with E-state index in [1.54, 1.807) is 6.20 Å². The maximum Gasteiger partial charge on any atom is 0.131 e. The summed E-state index contributed by atoms with van der Waals surface area (Å²) in [7, 11) is 0. The molecule has 2 N–H and O–H groups in total. The van der Waals surface area contributed by atoms with E-state index in [1.165, 1.54) is 17.4 Å². The minimum absolute atomic E-state index is 0.616. The van der Waals surface area contributed by atoms with Crippen LogP contribution in [0.25, 0.3) is 10.8 Å². The second kappa shape index (κ2) is 3.66. The average molecular weight is 186 g/mol. The molecule has 0 aliphatic rings. The maximum absolute atomic E-state index is 5.77. The lowest BCUT2D eigenvalue weighted by molar-refractivity contribution is 0.923. The van der Waals surface area contributed by atoms with Gasteiger partial charge in [-0.05, 0) is 23.4 Å². The number of hydrogen-bond acceptors (Lipinski definition) is 2. The first-order valence-electron chi connectivity index (χ1n) is 4.94. The van der Waals surface area contributed by atoms with Crippen molar-refractivity contribution in [1.29, 1.82) is 0 Å². The smallest absolute Gasteiger partial charge is 0.131 e. The first-order chi connectivity index (χ1) is 6.81. The molecule has 0 saturated carbocycles. The van der Waals surface area contributed by atoms with Crippen LogP contribution in [0.5, 0.6) is 0 Å². The zero-order valence-corrected chi connectivity index (χ0v) is 8.33. The molecule has 0 bridgehead atoms. The number of pyridine rings is 1. The number of aryl methyl sites for hydroxylation is 1. The van der Waals surface area contributed by atoms with E-state index in [-0.39, 0.29) is 0 Å². The summed E-state index contributed by atoms with van der Waals surface area (Å²) in [5, 5.41) is 2.23. The molecule has 1 aromatic heterocycles. The van der Waals surface area contributed by atoms with Crippen LogP contribution in [-0.4, -0.2) is 4.98 Å². The number of aromatic nitrogens is 1. The average Bonchev–Trinajstić information content (AvgIpc) is 2.18. The third-order valence-corrected chi connectivity index (χ3v) is 2.40. The number of rotatable bonds is 2. The lowest BCUT2D eigenvalue weighted by Gasteiger charge is -2.03. The Hall–Kier alpha value is -1.57. The van der Waals surface area contributed by atoms with Crippen LogP contribution in [0.4, 0.5) is 5.82 Å². The molecule has 2 heteroatoms. The van der Waals surface area contributed by atoms with E-state index >= 15 is 0 Å². The third-order valence-electron chi connectivity index (χ3n) is 2.40. The van der Waals surface area contributed by atoms with Crippen molar-refractivity contribution in [3.05, 3.63) is 36.0 Å². The van der Waals surface area contributed by atoms with Crippen molar-refractivity contribution >= 4 is 16.6 Å². The summed E-state index contributed by atoms with van der Waals surface area (Å²) in [5.41, 5.74) is 7.14. The van der Waals surface area contributed by atoms with Gasteiger partial charge in [-0.2, -0.15) is 0 Å². The van der Waals surface area contributed by atoms with Gasteiger partial charge in [0.2, 0.25) is 0 Å². The van der Waals surface area contributed by atoms with Crippen LogP contribution < -0.4 is 5.73 Å². The van der Waals surface area contributed by atoms with Crippen LogP contribution in [0.1, 0.15) is 18.9 Å². The van der Waals surface area contributed by atoms with Crippen molar-refractivity contribution in [3.63, 3.8) is 0 Å². The van der Waals surface area contributed by atoms with Crippen LogP contribution in [-0.2, 0) is 6.42 Å². The Morgan fingerprint density at radius 1 is 1.29 bits per heavy atom. The molecule has 0 unspecified atom stereocenters. The minimum Gasteiger partial charge on any atom is -0.383 e. The van der Waals surface area contributed by atoms with Gasteiger partial charge in [-0.3, -0.25) is 0 Å². The lowest BCUT2D eigenvalue weighted by Crippen LogP contribution is -1.91. The minimum atomic E-state index is 0.616. The van der Waals surface area contributed by atoms with E-state index in [4.69, 9.17) is 5.73 Å². The van der Waals surface area contributed by atoms with Gasteiger partial charge in [-0.15, -0.1) is 0 Å². The molecule has 2 rings (SSSR count). The zero-order chi connectivity index (χ0) is 9.97. The van der Waals surface area contributed by atoms with Gasteiger partial charge < -0.3 is 5.73 Å². The SMILES string of the molecule is CCCc1ccc2c(N)nccc2c1. The molecule has 0 radical (unpaired) electrons. The summed E-state index contributed by atoms with van der Waals surface area (Å²) in [6, 6.07) is 8.38. The Kier molecular flexibility index (Phi) is 2.35. The number of nitrogens with zero attached hydrogens (tertiary/aromatic N) is 1. The van der Waals surface area contributed by atoms with Crippen molar-refractivity contribution in [2.45, 2.75) is 19.8 Å². The second-order valence-electron chi connectivity index (χ2n) is 3.50. The molecule has 0 spiro atoms. The van der Waals surface area contributed by atoms with E-state index in [1.807, 2.05) is 6.07 Å². The fraction of sp³-hybridized carbons (Fsp3) is 0.250. The third kappa shape index (κ3) is 1.55. The molecular formula is C12H14N2. The highest BCUT2D eigenvalue weighted by molar-refractivity contribution is 5.91. The molecule has 0 amide bonds. The number of benzene rings is 1. The van der Waals surface area contributed by atoms with Gasteiger partial charge in [0, 0.05) is 11.6 Å². The van der Waals surface area contributed by atoms with Crippen LogP contribution >= 0.6 is 0 Å². The van der Waals surface area contributed by atoms with Crippen LogP contribution in [0, 0.1) is 0 Å². The number of nitrogen functional groups attached to an aromatic ring is 1. The molecule has 1 aromatic carbocycles. The van der Waals surface area contributed by atoms with Crippen LogP contribution in [0.2, 0.25) is 0 Å². The zero-order valence-electron chi connectivity index (χ0n) is 8.33. The Bertz CT molecular complexity index is 449. The van der Waals surface area contributed by atoms with Crippen molar-refractivity contribution in [3.8, 4) is 0 Å². The van der Waals surface area contributed by atoms with Crippen molar-refractivity contribution in [2.75, 3.05) is 5.73 Å². The van der Waals surface area contributed by atoms with E-state index in [0.717, 1.165) is 11.8 Å². The highest BCUT2D eigenvalue weighted by Gasteiger charge is 1.99. The predicted octanol–water partition coefficient (Wildman–Crippen LogP) is 2.77. The molecule has 1 heterocycles. The highest BCUT2D eigenvalue weighted by atomic mass is 14.8. The van der Waals surface area contributed by atoms with E-state index in [9.17, 15) is 0 Å². The topological polar surface area (TPSA) is 38.9 Å². The van der Waals surface area contributed by atoms with Gasteiger partial charge in [0.25, 0.3) is 0 Å². The molecule has 0 aliphatic heterocycles. The molecule has 2 nitrogen and oxygen atoms in total. The number of anilines is 1. The summed E-state index contributed by atoms with van der Waals surface area (Å²) in [4.78, 5) is 4.06. The van der Waals surface area contributed by atoms with E-state index in [2.05, 4.69) is 30.1 Å². The Labute approximate surface area is 83.8 Å². The van der Waals surface area contributed by atoms with Gasteiger partial charge in [-0.1, -0.05) is 31.5 Å². The van der Waals surface area contributed by atoms with Gasteiger partial charge in [0.05, 0.1) is 0 Å². The van der Waals surface area contributed by atoms with Crippen LogP contribution in [0.15, 0.2) is 30.5 Å². The number of hydrogen-bond donors (Lipinski definition) is 1. The Morgan fingerprint density at radius 2 is 2.14 bits per heavy atom. The molecule has 0 atom stereocenters. The predicted molar refractivity (Wildman–Crippen MR) is 60.2 cm³/mol. The molecule has 0 saturated heterocycles. The molecule has 0 fully saturated rings. The first-order valence-corrected chi connectivity index (χ1v) is 4.94. The van der Waals surface area contributed by atoms with Crippen molar-refractivity contribution in [1.82, 2.24) is 4.98 Å². The molecule has 2 aromatic rings.